The van der Waals surface area contributed by atoms with Crippen molar-refractivity contribution in [1.82, 2.24) is 10.1 Å². The van der Waals surface area contributed by atoms with E-state index in [1.165, 1.54) is 36.0 Å². The number of aromatic nitrogens is 2. The number of rotatable bonds is 4. The molecular weight excluding hydrogens is 417 g/mol. The smallest absolute Gasteiger partial charge is 0.264 e. The van der Waals surface area contributed by atoms with E-state index in [0.717, 1.165) is 21.0 Å². The summed E-state index contributed by atoms with van der Waals surface area (Å²) in [7, 11) is 1.77. The number of hydrogen-bond acceptors (Lipinski definition) is 6. The molecule has 1 aliphatic rings. The second kappa shape index (κ2) is 7.88. The van der Waals surface area contributed by atoms with E-state index in [0.29, 0.717) is 23.0 Å². The van der Waals surface area contributed by atoms with E-state index in [-0.39, 0.29) is 18.3 Å². The average Bonchev–Trinajstić information content (AvgIpc) is 3.23. The topological polar surface area (TPSA) is 68.5 Å². The zero-order valence-corrected chi connectivity index (χ0v) is 17.2. The van der Waals surface area contributed by atoms with Crippen molar-refractivity contribution in [3.05, 3.63) is 84.0 Å². The molecule has 154 valence electrons. The quantitative estimate of drug-likeness (QED) is 0.441. The van der Waals surface area contributed by atoms with Gasteiger partial charge in [0.15, 0.2) is 6.61 Å². The lowest BCUT2D eigenvalue weighted by Gasteiger charge is -2.17. The Bertz CT molecular complexity index is 1270. The first kappa shape index (κ1) is 19.3. The number of carbonyl (C=O) groups is 1. The van der Waals surface area contributed by atoms with Gasteiger partial charge in [-0.05, 0) is 54.6 Å². The summed E-state index contributed by atoms with van der Waals surface area (Å²) in [6.07, 6.45) is 0. The molecule has 0 unspecified atom stereocenters. The predicted octanol–water partition coefficient (Wildman–Crippen LogP) is 5.20. The van der Waals surface area contributed by atoms with Crippen molar-refractivity contribution in [3.63, 3.8) is 0 Å². The van der Waals surface area contributed by atoms with Gasteiger partial charge in [-0.2, -0.15) is 4.98 Å². The highest BCUT2D eigenvalue weighted by Gasteiger charge is 2.25. The van der Waals surface area contributed by atoms with Crippen molar-refractivity contribution in [3.8, 4) is 17.1 Å². The Morgan fingerprint density at radius 3 is 2.71 bits per heavy atom. The molecule has 8 heteroatoms. The Hall–Kier alpha value is -3.65. The molecule has 2 heterocycles. The number of benzene rings is 3. The van der Waals surface area contributed by atoms with Gasteiger partial charge >= 0.3 is 0 Å². The largest absolute Gasteiger partial charge is 0.484 e. The minimum Gasteiger partial charge on any atom is -0.484 e. The summed E-state index contributed by atoms with van der Waals surface area (Å²) in [5.74, 6) is 0.860. The number of amides is 1. The molecule has 0 saturated heterocycles. The summed E-state index contributed by atoms with van der Waals surface area (Å²) in [6, 6.07) is 18.9. The van der Waals surface area contributed by atoms with Crippen molar-refractivity contribution in [2.24, 2.45) is 0 Å². The van der Waals surface area contributed by atoms with E-state index < -0.39 is 0 Å². The van der Waals surface area contributed by atoms with Crippen LogP contribution >= 0.6 is 11.8 Å². The lowest BCUT2D eigenvalue weighted by atomic mass is 10.1. The summed E-state index contributed by atoms with van der Waals surface area (Å²) in [4.78, 5) is 20.7. The van der Waals surface area contributed by atoms with Crippen molar-refractivity contribution >= 4 is 23.4 Å². The molecule has 0 radical (unpaired) electrons. The minimum absolute atomic E-state index is 0.0469. The number of hydrogen-bond donors (Lipinski definition) is 0. The first-order valence-corrected chi connectivity index (χ1v) is 10.3. The highest BCUT2D eigenvalue weighted by Crippen LogP contribution is 2.42. The van der Waals surface area contributed by atoms with Gasteiger partial charge < -0.3 is 14.2 Å². The molecule has 5 rings (SSSR count). The summed E-state index contributed by atoms with van der Waals surface area (Å²) in [5.41, 5.74) is 2.26. The number of fused-ring (bicyclic) bond motifs is 2. The molecule has 0 atom stereocenters. The van der Waals surface area contributed by atoms with Crippen LogP contribution in [-0.2, 0) is 6.61 Å². The standard InChI is InChI=1S/C23H16FN3O3S/c1-27-18-11-6-14(12-20(18)31-19-5-3-2-4-17(19)23(27)28)22-25-21(30-26-22)13-29-16-9-7-15(24)8-10-16/h2-12H,13H2,1H3. The zero-order valence-electron chi connectivity index (χ0n) is 16.4. The van der Waals surface area contributed by atoms with Crippen LogP contribution in [0.5, 0.6) is 5.75 Å². The maximum atomic E-state index is 13.0. The lowest BCUT2D eigenvalue weighted by molar-refractivity contribution is 0.0990. The van der Waals surface area contributed by atoms with Crippen LogP contribution in [-0.4, -0.2) is 23.1 Å². The van der Waals surface area contributed by atoms with Crippen LogP contribution in [0.4, 0.5) is 10.1 Å². The number of nitrogens with zero attached hydrogens (tertiary/aromatic N) is 3. The third-order valence-corrected chi connectivity index (χ3v) is 5.99. The molecule has 0 bridgehead atoms. The van der Waals surface area contributed by atoms with E-state index >= 15 is 0 Å². The predicted molar refractivity (Wildman–Crippen MR) is 114 cm³/mol. The van der Waals surface area contributed by atoms with Gasteiger partial charge in [-0.1, -0.05) is 29.1 Å². The molecule has 0 aliphatic carbocycles. The summed E-state index contributed by atoms with van der Waals surface area (Å²) in [5, 5.41) is 4.05. The Kier molecular flexibility index (Phi) is 4.91. The molecular formula is C23H16FN3O3S. The maximum Gasteiger partial charge on any atom is 0.264 e. The SMILES string of the molecule is CN1C(=O)c2ccccc2Sc2cc(-c3noc(COc4ccc(F)cc4)n3)ccc21. The zero-order chi connectivity index (χ0) is 21.4. The molecule has 4 aromatic rings. The Morgan fingerprint density at radius 2 is 1.87 bits per heavy atom. The summed E-state index contributed by atoms with van der Waals surface area (Å²) < 4.78 is 23.8. The fourth-order valence-corrected chi connectivity index (χ4v) is 4.40. The third-order valence-electron chi connectivity index (χ3n) is 4.87. The Balaban J connectivity index is 1.40. The van der Waals surface area contributed by atoms with Gasteiger partial charge in [0.1, 0.15) is 11.6 Å². The van der Waals surface area contributed by atoms with Gasteiger partial charge in [0, 0.05) is 22.4 Å². The first-order valence-electron chi connectivity index (χ1n) is 9.49. The second-order valence-corrected chi connectivity index (χ2v) is 7.98. The number of ether oxygens (including phenoxy) is 1. The highest BCUT2D eigenvalue weighted by molar-refractivity contribution is 7.99. The van der Waals surface area contributed by atoms with Crippen LogP contribution < -0.4 is 9.64 Å². The van der Waals surface area contributed by atoms with Gasteiger partial charge in [0.2, 0.25) is 5.82 Å². The van der Waals surface area contributed by atoms with Crippen molar-refractivity contribution < 1.29 is 18.4 Å². The van der Waals surface area contributed by atoms with E-state index in [1.54, 1.807) is 11.9 Å². The fraction of sp³-hybridized carbons (Fsp3) is 0.0870. The molecule has 1 aromatic heterocycles. The third kappa shape index (κ3) is 3.77. The van der Waals surface area contributed by atoms with Crippen LogP contribution in [0.25, 0.3) is 11.4 Å². The van der Waals surface area contributed by atoms with E-state index in [9.17, 15) is 9.18 Å². The van der Waals surface area contributed by atoms with E-state index in [4.69, 9.17) is 9.26 Å². The van der Waals surface area contributed by atoms with Crippen molar-refractivity contribution in [2.45, 2.75) is 16.4 Å². The number of halogens is 1. The Morgan fingerprint density at radius 1 is 1.06 bits per heavy atom. The van der Waals surface area contributed by atoms with Crippen molar-refractivity contribution in [2.75, 3.05) is 11.9 Å². The van der Waals surface area contributed by atoms with Gasteiger partial charge in [0.05, 0.1) is 11.3 Å². The molecule has 31 heavy (non-hydrogen) atoms. The highest BCUT2D eigenvalue weighted by atomic mass is 32.2. The summed E-state index contributed by atoms with van der Waals surface area (Å²) in [6.45, 7) is 0.0724. The Labute approximate surface area is 181 Å². The second-order valence-electron chi connectivity index (χ2n) is 6.90. The molecule has 0 spiro atoms. The average molecular weight is 433 g/mol. The van der Waals surface area contributed by atoms with Gasteiger partial charge in [-0.3, -0.25) is 4.79 Å². The van der Waals surface area contributed by atoms with Crippen LogP contribution in [0.3, 0.4) is 0 Å². The lowest BCUT2D eigenvalue weighted by Crippen LogP contribution is -2.25. The molecule has 0 saturated carbocycles. The van der Waals surface area contributed by atoms with E-state index in [1.807, 2.05) is 42.5 Å². The summed E-state index contributed by atoms with van der Waals surface area (Å²) >= 11 is 1.53. The number of carbonyl (C=O) groups excluding carboxylic acids is 1. The van der Waals surface area contributed by atoms with Crippen LogP contribution in [0.2, 0.25) is 0 Å². The normalized spacial score (nSPS) is 12.8. The fourth-order valence-electron chi connectivity index (χ4n) is 3.26. The van der Waals surface area contributed by atoms with Gasteiger partial charge in [-0.15, -0.1) is 0 Å². The van der Waals surface area contributed by atoms with Crippen LogP contribution in [0, 0.1) is 5.82 Å². The molecule has 6 nitrogen and oxygen atoms in total. The molecule has 0 N–H and O–H groups in total. The van der Waals surface area contributed by atoms with Gasteiger partial charge in [0.25, 0.3) is 11.8 Å². The van der Waals surface area contributed by atoms with Crippen LogP contribution in [0.1, 0.15) is 16.2 Å². The molecule has 3 aromatic carbocycles. The molecule has 1 aliphatic heterocycles. The number of anilines is 1. The molecule has 1 amide bonds. The maximum absolute atomic E-state index is 13.0. The van der Waals surface area contributed by atoms with E-state index in [2.05, 4.69) is 10.1 Å². The first-order chi connectivity index (χ1) is 15.1. The molecule has 0 fully saturated rings. The monoisotopic (exact) mass is 433 g/mol. The minimum atomic E-state index is -0.330. The van der Waals surface area contributed by atoms with Gasteiger partial charge in [-0.25, -0.2) is 4.39 Å². The van der Waals surface area contributed by atoms with Crippen LogP contribution in [0.15, 0.2) is 81.0 Å². The van der Waals surface area contributed by atoms with Crippen molar-refractivity contribution in [1.29, 1.82) is 0 Å².